The standard InChI is InChI=1S/C20H26N4O3/c21-11-17-6-3-9-23(17)20(27)12-22-8-7-19(26)24-13-16-5-2-1-4-15(16)10-18(24)14-25/h1-2,4-5,17-18,22,25H,3,6-10,12-14H2/t17-,18?/m0/s1. The quantitative estimate of drug-likeness (QED) is 0.708. The van der Waals surface area contributed by atoms with Crippen LogP contribution < -0.4 is 5.32 Å². The van der Waals surface area contributed by atoms with Gasteiger partial charge in [-0.25, -0.2) is 0 Å². The summed E-state index contributed by atoms with van der Waals surface area (Å²) >= 11 is 0. The molecule has 1 unspecified atom stereocenters. The Morgan fingerprint density at radius 2 is 2.00 bits per heavy atom. The zero-order valence-electron chi connectivity index (χ0n) is 15.4. The predicted octanol–water partition coefficient (Wildman–Crippen LogP) is 0.426. The highest BCUT2D eigenvalue weighted by Crippen LogP contribution is 2.23. The molecule has 0 bridgehead atoms. The number of benzene rings is 1. The van der Waals surface area contributed by atoms with Gasteiger partial charge in [-0.3, -0.25) is 9.59 Å². The summed E-state index contributed by atoms with van der Waals surface area (Å²) in [6.45, 7) is 1.61. The van der Waals surface area contributed by atoms with Crippen LogP contribution in [-0.2, 0) is 22.6 Å². The highest BCUT2D eigenvalue weighted by molar-refractivity contribution is 5.80. The molecule has 0 spiro atoms. The molecule has 0 aliphatic carbocycles. The molecule has 2 aliphatic rings. The van der Waals surface area contributed by atoms with Gasteiger partial charge in [-0.2, -0.15) is 5.26 Å². The molecule has 2 N–H and O–H groups in total. The van der Waals surface area contributed by atoms with E-state index in [1.54, 1.807) is 9.80 Å². The molecule has 0 aromatic heterocycles. The number of amides is 2. The molecule has 1 aromatic rings. The first-order chi connectivity index (χ1) is 13.1. The number of rotatable bonds is 6. The van der Waals surface area contributed by atoms with Crippen LogP contribution in [0.1, 0.15) is 30.4 Å². The van der Waals surface area contributed by atoms with Crippen LogP contribution in [0.3, 0.4) is 0 Å². The summed E-state index contributed by atoms with van der Waals surface area (Å²) in [7, 11) is 0. The molecule has 1 fully saturated rings. The number of aliphatic hydroxyl groups is 1. The molecule has 27 heavy (non-hydrogen) atoms. The van der Waals surface area contributed by atoms with Crippen LogP contribution in [0, 0.1) is 11.3 Å². The third kappa shape index (κ3) is 4.46. The van der Waals surface area contributed by atoms with Gasteiger partial charge in [-0.1, -0.05) is 24.3 Å². The summed E-state index contributed by atoms with van der Waals surface area (Å²) < 4.78 is 0. The third-order valence-corrected chi connectivity index (χ3v) is 5.40. The second kappa shape index (κ2) is 8.98. The second-order valence-corrected chi connectivity index (χ2v) is 7.13. The Labute approximate surface area is 159 Å². The van der Waals surface area contributed by atoms with E-state index in [1.807, 2.05) is 24.3 Å². The third-order valence-electron chi connectivity index (χ3n) is 5.40. The van der Waals surface area contributed by atoms with Gasteiger partial charge < -0.3 is 20.2 Å². The van der Waals surface area contributed by atoms with Crippen molar-refractivity contribution in [2.24, 2.45) is 0 Å². The van der Waals surface area contributed by atoms with Crippen LogP contribution >= 0.6 is 0 Å². The molecule has 2 atom stereocenters. The number of aliphatic hydroxyl groups excluding tert-OH is 1. The van der Waals surface area contributed by atoms with Gasteiger partial charge in [0.05, 0.1) is 25.3 Å². The van der Waals surface area contributed by atoms with Gasteiger partial charge in [0.25, 0.3) is 0 Å². The number of carbonyl (C=O) groups is 2. The summed E-state index contributed by atoms with van der Waals surface area (Å²) in [4.78, 5) is 28.1. The van der Waals surface area contributed by atoms with Crippen LogP contribution in [0.4, 0.5) is 0 Å². The summed E-state index contributed by atoms with van der Waals surface area (Å²) in [6, 6.07) is 9.63. The lowest BCUT2D eigenvalue weighted by Gasteiger charge is -2.36. The van der Waals surface area contributed by atoms with Crippen molar-refractivity contribution in [1.29, 1.82) is 5.26 Å². The van der Waals surface area contributed by atoms with Gasteiger partial charge in [0.15, 0.2) is 0 Å². The van der Waals surface area contributed by atoms with E-state index in [-0.39, 0.29) is 43.5 Å². The van der Waals surface area contributed by atoms with E-state index in [4.69, 9.17) is 5.26 Å². The summed E-state index contributed by atoms with van der Waals surface area (Å²) in [5, 5.41) is 21.7. The van der Waals surface area contributed by atoms with E-state index >= 15 is 0 Å². The molecule has 3 rings (SSSR count). The number of nitriles is 1. The Hall–Kier alpha value is -2.43. The molecule has 7 nitrogen and oxygen atoms in total. The minimum atomic E-state index is -0.320. The highest BCUT2D eigenvalue weighted by atomic mass is 16.3. The molecule has 144 valence electrons. The monoisotopic (exact) mass is 370 g/mol. The molecule has 1 aromatic carbocycles. The average Bonchev–Trinajstić information content (AvgIpc) is 3.18. The molecule has 0 radical (unpaired) electrons. The first-order valence-electron chi connectivity index (χ1n) is 9.51. The van der Waals surface area contributed by atoms with Crippen molar-refractivity contribution >= 4 is 11.8 Å². The van der Waals surface area contributed by atoms with Gasteiger partial charge >= 0.3 is 0 Å². The normalized spacial score (nSPS) is 21.6. The van der Waals surface area contributed by atoms with E-state index in [9.17, 15) is 14.7 Å². The van der Waals surface area contributed by atoms with Crippen LogP contribution in [0.15, 0.2) is 24.3 Å². The molecular weight excluding hydrogens is 344 g/mol. The number of fused-ring (bicyclic) bond motifs is 1. The van der Waals surface area contributed by atoms with Crippen molar-refractivity contribution in [3.8, 4) is 6.07 Å². The van der Waals surface area contributed by atoms with E-state index in [1.165, 1.54) is 5.56 Å². The fourth-order valence-corrected chi connectivity index (χ4v) is 3.88. The number of likely N-dealkylation sites (tertiary alicyclic amines) is 1. The Balaban J connectivity index is 1.46. The van der Waals surface area contributed by atoms with Gasteiger partial charge in [-0.05, 0) is 30.4 Å². The Kier molecular flexibility index (Phi) is 6.43. The summed E-state index contributed by atoms with van der Waals surface area (Å²) in [5.74, 6) is -0.119. The van der Waals surface area contributed by atoms with Crippen LogP contribution in [0.25, 0.3) is 0 Å². The molecule has 2 heterocycles. The smallest absolute Gasteiger partial charge is 0.237 e. The molecule has 2 amide bonds. The first-order valence-corrected chi connectivity index (χ1v) is 9.51. The zero-order chi connectivity index (χ0) is 19.2. The molecule has 2 aliphatic heterocycles. The minimum absolute atomic E-state index is 0.0282. The molecule has 1 saturated heterocycles. The fourth-order valence-electron chi connectivity index (χ4n) is 3.88. The van der Waals surface area contributed by atoms with Crippen molar-refractivity contribution in [3.63, 3.8) is 0 Å². The highest BCUT2D eigenvalue weighted by Gasteiger charge is 2.29. The van der Waals surface area contributed by atoms with E-state index < -0.39 is 0 Å². The van der Waals surface area contributed by atoms with Crippen LogP contribution in [-0.4, -0.2) is 65.0 Å². The van der Waals surface area contributed by atoms with E-state index in [0.717, 1.165) is 18.4 Å². The summed E-state index contributed by atoms with van der Waals surface area (Å²) in [6.07, 6.45) is 2.53. The lowest BCUT2D eigenvalue weighted by molar-refractivity contribution is -0.136. The number of hydrogen-bond donors (Lipinski definition) is 2. The van der Waals surface area contributed by atoms with Crippen LogP contribution in [0.5, 0.6) is 0 Å². The molecule has 7 heteroatoms. The number of hydrogen-bond acceptors (Lipinski definition) is 5. The average molecular weight is 370 g/mol. The van der Waals surface area contributed by atoms with Crippen molar-refractivity contribution < 1.29 is 14.7 Å². The van der Waals surface area contributed by atoms with E-state index in [0.29, 0.717) is 26.1 Å². The Bertz CT molecular complexity index is 730. The molecular formula is C20H26N4O3. The largest absolute Gasteiger partial charge is 0.394 e. The maximum Gasteiger partial charge on any atom is 0.237 e. The maximum atomic E-state index is 12.6. The van der Waals surface area contributed by atoms with Crippen molar-refractivity contribution in [3.05, 3.63) is 35.4 Å². The molecule has 0 saturated carbocycles. The number of nitrogens with zero attached hydrogens (tertiary/aromatic N) is 3. The van der Waals surface area contributed by atoms with Crippen molar-refractivity contribution in [1.82, 2.24) is 15.1 Å². The number of carbonyl (C=O) groups excluding carboxylic acids is 2. The maximum absolute atomic E-state index is 12.6. The van der Waals surface area contributed by atoms with Crippen molar-refractivity contribution in [2.45, 2.75) is 44.3 Å². The Morgan fingerprint density at radius 3 is 2.74 bits per heavy atom. The Morgan fingerprint density at radius 1 is 1.22 bits per heavy atom. The fraction of sp³-hybridized carbons (Fsp3) is 0.550. The first kappa shape index (κ1) is 19.3. The van der Waals surface area contributed by atoms with Gasteiger partial charge in [0.2, 0.25) is 11.8 Å². The van der Waals surface area contributed by atoms with Crippen molar-refractivity contribution in [2.75, 3.05) is 26.2 Å². The lowest BCUT2D eigenvalue weighted by atomic mass is 9.94. The predicted molar refractivity (Wildman–Crippen MR) is 99.4 cm³/mol. The zero-order valence-corrected chi connectivity index (χ0v) is 15.4. The topological polar surface area (TPSA) is 96.7 Å². The van der Waals surface area contributed by atoms with Gasteiger partial charge in [0.1, 0.15) is 6.04 Å². The van der Waals surface area contributed by atoms with Gasteiger partial charge in [0, 0.05) is 26.1 Å². The SMILES string of the molecule is N#C[C@@H]1CCCN1C(=O)CNCCC(=O)N1Cc2ccccc2CC1CO. The minimum Gasteiger partial charge on any atom is -0.394 e. The van der Waals surface area contributed by atoms with Gasteiger partial charge in [-0.15, -0.1) is 0 Å². The second-order valence-electron chi connectivity index (χ2n) is 7.13. The summed E-state index contributed by atoms with van der Waals surface area (Å²) in [5.41, 5.74) is 2.30. The van der Waals surface area contributed by atoms with E-state index in [2.05, 4.69) is 11.4 Å². The lowest BCUT2D eigenvalue weighted by Crippen LogP contribution is -2.47. The number of nitrogens with one attached hydrogen (secondary N) is 1. The van der Waals surface area contributed by atoms with Crippen LogP contribution in [0.2, 0.25) is 0 Å².